The normalized spacial score (nSPS) is 23.3. The number of H-pyrrole nitrogens is 1. The van der Waals surface area contributed by atoms with E-state index in [1.807, 2.05) is 91.0 Å². The number of ether oxygens (including phenoxy) is 3. The number of aromatic amines is 1. The standard InChI is InChI=1S/C33H36N2O7S/c1-23-20-35(29(38)34-28(23)37)32(33(40-2,41-3)30(39,22-43-4)27(21-36)42-32)31(24-14-8-5-9-15-24,25-16-10-6-11-17-25)26-18-12-7-13-19-26/h5-20,27,36,39H,21-22H2,1-4H3,(H,34,37,38)/t27-,30-,32-/m1/s1. The van der Waals surface area contributed by atoms with Crippen LogP contribution in [0.15, 0.2) is 107 Å². The fourth-order valence-electron chi connectivity index (χ4n) is 6.88. The predicted molar refractivity (Wildman–Crippen MR) is 165 cm³/mol. The molecule has 9 nitrogen and oxygen atoms in total. The van der Waals surface area contributed by atoms with Crippen LogP contribution in [0, 0.1) is 6.92 Å². The largest absolute Gasteiger partial charge is 0.394 e. The molecule has 3 aromatic carbocycles. The maximum atomic E-state index is 14.2. The zero-order valence-electron chi connectivity index (χ0n) is 24.5. The van der Waals surface area contributed by atoms with Crippen molar-refractivity contribution in [2.24, 2.45) is 0 Å². The van der Waals surface area contributed by atoms with Gasteiger partial charge in [-0.1, -0.05) is 91.0 Å². The van der Waals surface area contributed by atoms with Crippen molar-refractivity contribution >= 4 is 11.8 Å². The number of nitrogens with one attached hydrogen (secondary N) is 1. The molecule has 1 aromatic heterocycles. The van der Waals surface area contributed by atoms with E-state index >= 15 is 0 Å². The first-order valence-electron chi connectivity index (χ1n) is 13.8. The molecule has 2 heterocycles. The Morgan fingerprint density at radius 1 is 0.907 bits per heavy atom. The molecule has 0 saturated carbocycles. The number of aliphatic hydroxyl groups is 2. The third kappa shape index (κ3) is 4.20. The molecule has 0 unspecified atom stereocenters. The summed E-state index contributed by atoms with van der Waals surface area (Å²) in [6.45, 7) is 0.949. The quantitative estimate of drug-likeness (QED) is 0.187. The summed E-state index contributed by atoms with van der Waals surface area (Å²) in [7, 11) is 2.75. The lowest BCUT2D eigenvalue weighted by atomic mass is 9.58. The van der Waals surface area contributed by atoms with Gasteiger partial charge < -0.3 is 24.4 Å². The minimum Gasteiger partial charge on any atom is -0.394 e. The van der Waals surface area contributed by atoms with E-state index in [1.165, 1.54) is 36.7 Å². The molecule has 10 heteroatoms. The first kappa shape index (κ1) is 30.9. The minimum absolute atomic E-state index is 0.00713. The van der Waals surface area contributed by atoms with Crippen molar-refractivity contribution in [3.05, 3.63) is 140 Å². The van der Waals surface area contributed by atoms with Gasteiger partial charge >= 0.3 is 5.69 Å². The smallest absolute Gasteiger partial charge is 0.330 e. The molecule has 1 aliphatic heterocycles. The molecule has 3 N–H and O–H groups in total. The average Bonchev–Trinajstić information content (AvgIpc) is 3.25. The van der Waals surface area contributed by atoms with Crippen molar-refractivity contribution in [3.63, 3.8) is 0 Å². The maximum Gasteiger partial charge on any atom is 0.330 e. The molecular weight excluding hydrogens is 568 g/mol. The van der Waals surface area contributed by atoms with E-state index in [0.717, 1.165) is 0 Å². The predicted octanol–water partition coefficient (Wildman–Crippen LogP) is 3.01. The minimum atomic E-state index is -2.16. The van der Waals surface area contributed by atoms with Crippen LogP contribution in [0.25, 0.3) is 0 Å². The maximum absolute atomic E-state index is 14.2. The number of aryl methyl sites for hydroxylation is 1. The Kier molecular flexibility index (Phi) is 8.54. The molecule has 43 heavy (non-hydrogen) atoms. The molecule has 0 radical (unpaired) electrons. The van der Waals surface area contributed by atoms with Gasteiger partial charge in [-0.15, -0.1) is 0 Å². The fourth-order valence-corrected chi connectivity index (χ4v) is 7.70. The van der Waals surface area contributed by atoms with Crippen LogP contribution in [0.4, 0.5) is 0 Å². The zero-order chi connectivity index (χ0) is 30.9. The Balaban J connectivity index is 2.16. The second-order valence-corrected chi connectivity index (χ2v) is 11.5. The van der Waals surface area contributed by atoms with Gasteiger partial charge in [0.25, 0.3) is 11.3 Å². The van der Waals surface area contributed by atoms with E-state index in [-0.39, 0.29) is 11.3 Å². The van der Waals surface area contributed by atoms with E-state index in [0.29, 0.717) is 16.7 Å². The van der Waals surface area contributed by atoms with Gasteiger partial charge in [-0.25, -0.2) is 4.79 Å². The van der Waals surface area contributed by atoms with Crippen LogP contribution in [0.3, 0.4) is 0 Å². The Bertz CT molecular complexity index is 1560. The van der Waals surface area contributed by atoms with Gasteiger partial charge in [0.05, 0.1) is 12.0 Å². The van der Waals surface area contributed by atoms with Gasteiger partial charge in [-0.05, 0) is 29.9 Å². The second kappa shape index (κ2) is 11.9. The van der Waals surface area contributed by atoms with Crippen LogP contribution in [-0.4, -0.2) is 70.1 Å². The van der Waals surface area contributed by atoms with Gasteiger partial charge in [-0.3, -0.25) is 14.3 Å². The van der Waals surface area contributed by atoms with Crippen molar-refractivity contribution < 1.29 is 24.4 Å². The van der Waals surface area contributed by atoms with Crippen molar-refractivity contribution in [1.29, 1.82) is 0 Å². The summed E-state index contributed by atoms with van der Waals surface area (Å²) < 4.78 is 21.0. The summed E-state index contributed by atoms with van der Waals surface area (Å²) in [5.74, 6) is -2.15. The topological polar surface area (TPSA) is 123 Å². The molecule has 0 spiro atoms. The van der Waals surface area contributed by atoms with Crippen LogP contribution in [0.2, 0.25) is 0 Å². The number of aliphatic hydroxyl groups excluding tert-OH is 1. The summed E-state index contributed by atoms with van der Waals surface area (Å²) in [6, 6.07) is 28.3. The van der Waals surface area contributed by atoms with Gasteiger partial charge in [0.15, 0.2) is 5.60 Å². The zero-order valence-corrected chi connectivity index (χ0v) is 25.3. The van der Waals surface area contributed by atoms with Gasteiger partial charge in [0, 0.05) is 31.7 Å². The van der Waals surface area contributed by atoms with Crippen molar-refractivity contribution in [3.8, 4) is 0 Å². The number of methoxy groups -OCH3 is 2. The molecule has 0 amide bonds. The number of benzene rings is 3. The number of hydrogen-bond acceptors (Lipinski definition) is 8. The second-order valence-electron chi connectivity index (χ2n) is 10.6. The fraction of sp³-hybridized carbons (Fsp3) is 0.333. The first-order chi connectivity index (χ1) is 20.7. The van der Waals surface area contributed by atoms with Gasteiger partial charge in [0.2, 0.25) is 5.72 Å². The summed E-state index contributed by atoms with van der Waals surface area (Å²) in [4.78, 5) is 29.4. The van der Waals surface area contributed by atoms with E-state index in [1.54, 1.807) is 13.2 Å². The number of rotatable bonds is 10. The number of aromatic nitrogens is 2. The third-order valence-electron chi connectivity index (χ3n) is 8.55. The van der Waals surface area contributed by atoms with Crippen molar-refractivity contribution in [2.75, 3.05) is 32.8 Å². The highest BCUT2D eigenvalue weighted by Gasteiger charge is 2.83. The van der Waals surface area contributed by atoms with Gasteiger partial charge in [-0.2, -0.15) is 11.8 Å². The summed E-state index contributed by atoms with van der Waals surface area (Å²) >= 11 is 1.31. The molecule has 4 aromatic rings. The first-order valence-corrected chi connectivity index (χ1v) is 15.2. The Labute approximate surface area is 254 Å². The van der Waals surface area contributed by atoms with Crippen LogP contribution in [0.1, 0.15) is 22.3 Å². The Hall–Kier alpha value is -3.51. The third-order valence-corrected chi connectivity index (χ3v) is 9.28. The van der Waals surface area contributed by atoms with Crippen LogP contribution in [0.5, 0.6) is 0 Å². The lowest BCUT2D eigenvalue weighted by Crippen LogP contribution is -2.75. The Morgan fingerprint density at radius 2 is 1.37 bits per heavy atom. The molecule has 1 fully saturated rings. The highest BCUT2D eigenvalue weighted by atomic mass is 32.2. The molecule has 3 atom stereocenters. The molecule has 5 rings (SSSR count). The van der Waals surface area contributed by atoms with E-state index in [4.69, 9.17) is 14.2 Å². The molecular formula is C33H36N2O7S. The van der Waals surface area contributed by atoms with E-state index < -0.39 is 46.5 Å². The lowest BCUT2D eigenvalue weighted by molar-refractivity contribution is -0.355. The molecule has 0 bridgehead atoms. The highest BCUT2D eigenvalue weighted by molar-refractivity contribution is 7.98. The average molecular weight is 605 g/mol. The van der Waals surface area contributed by atoms with Gasteiger partial charge in [0.1, 0.15) is 6.10 Å². The molecule has 1 aliphatic rings. The number of hydrogen-bond donors (Lipinski definition) is 3. The SMILES string of the molecule is COC1(OC)[C@@](n2cc(C)c(=O)[nH]c2=O)(C(c2ccccc2)(c2ccccc2)c2ccccc2)O[C@H](CO)[C@]1(O)CSC. The monoisotopic (exact) mass is 604 g/mol. The van der Waals surface area contributed by atoms with E-state index in [2.05, 4.69) is 4.98 Å². The van der Waals surface area contributed by atoms with Crippen LogP contribution >= 0.6 is 11.8 Å². The van der Waals surface area contributed by atoms with E-state index in [9.17, 15) is 19.8 Å². The highest BCUT2D eigenvalue weighted by Crippen LogP contribution is 2.64. The van der Waals surface area contributed by atoms with Crippen molar-refractivity contribution in [1.82, 2.24) is 9.55 Å². The number of nitrogens with zero attached hydrogens (tertiary/aromatic N) is 1. The summed E-state index contributed by atoms with van der Waals surface area (Å²) in [6.07, 6.45) is 1.91. The summed E-state index contributed by atoms with van der Waals surface area (Å²) in [5.41, 5.74) is -4.80. The molecule has 1 saturated heterocycles. The number of thioether (sulfide) groups is 1. The molecule has 0 aliphatic carbocycles. The summed E-state index contributed by atoms with van der Waals surface area (Å²) in [5, 5.41) is 23.6. The Morgan fingerprint density at radius 3 is 1.77 bits per heavy atom. The lowest BCUT2D eigenvalue weighted by Gasteiger charge is -2.56. The molecule has 226 valence electrons. The van der Waals surface area contributed by atoms with Crippen molar-refractivity contribution in [2.45, 2.75) is 35.6 Å². The van der Waals surface area contributed by atoms with Crippen LogP contribution in [-0.2, 0) is 25.4 Å². The van der Waals surface area contributed by atoms with Crippen LogP contribution < -0.4 is 11.2 Å².